The van der Waals surface area contributed by atoms with Gasteiger partial charge in [0.15, 0.2) is 0 Å². The van der Waals surface area contributed by atoms with Crippen molar-refractivity contribution in [1.29, 1.82) is 0 Å². The molecule has 0 aliphatic carbocycles. The van der Waals surface area contributed by atoms with Crippen molar-refractivity contribution < 1.29 is 39.5 Å². The van der Waals surface area contributed by atoms with Crippen molar-refractivity contribution in [2.24, 2.45) is 0 Å². The zero-order valence-corrected chi connectivity index (χ0v) is 9.11. The van der Waals surface area contributed by atoms with Gasteiger partial charge in [0.05, 0.1) is 0 Å². The molecule has 0 aliphatic rings. The molecule has 0 unspecified atom stereocenters. The number of rotatable bonds is 2. The first-order chi connectivity index (χ1) is 7.06. The predicted octanol–water partition coefficient (Wildman–Crippen LogP) is 4.89. The molecule has 9 heteroatoms. The van der Waals surface area contributed by atoms with Crippen LogP contribution in [0.15, 0.2) is 0 Å². The maximum Gasteiger partial charge on any atom is 0.453 e. The van der Waals surface area contributed by atoms with Crippen LogP contribution < -0.4 is 0 Å². The molecule has 0 saturated carbocycles. The fourth-order valence-electron chi connectivity index (χ4n) is 0.200. The smallest absolute Gasteiger partial charge is 0.200 e. The van der Waals surface area contributed by atoms with Gasteiger partial charge in [-0.15, -0.1) is 0 Å². The molecule has 0 spiro atoms. The average Bonchev–Trinajstić information content (AvgIpc) is 1.99. The maximum absolute atomic E-state index is 11.5. The molecule has 0 atom stereocenters. The molecule has 0 radical (unpaired) electrons. The molecule has 0 aromatic carbocycles. The monoisotopic (exact) mass is 278 g/mol. The topological polar surface area (TPSA) is 0 Å². The van der Waals surface area contributed by atoms with Gasteiger partial charge in [0.2, 0.25) is 0 Å². The Morgan fingerprint density at radius 1 is 0.647 bits per heavy atom. The standard InChI is InChI=1S/C4H5F5.C4H6F4/c1-2-3(5,6)4(7,8)9;1-3(5,6)4(2,7)8/h2H2,1H3;1-2H3. The summed E-state index contributed by atoms with van der Waals surface area (Å²) in [5.74, 6) is -12.3. The molecule has 0 heterocycles. The molecule has 0 rings (SSSR count). The van der Waals surface area contributed by atoms with Crippen LogP contribution in [0, 0.1) is 0 Å². The molecule has 106 valence electrons. The van der Waals surface area contributed by atoms with Crippen molar-refractivity contribution in [3.05, 3.63) is 0 Å². The van der Waals surface area contributed by atoms with Crippen molar-refractivity contribution >= 4 is 0 Å². The van der Waals surface area contributed by atoms with Gasteiger partial charge in [0.25, 0.3) is 0 Å². The zero-order valence-electron chi connectivity index (χ0n) is 9.11. The second kappa shape index (κ2) is 5.34. The Morgan fingerprint density at radius 2 is 0.882 bits per heavy atom. The van der Waals surface area contributed by atoms with E-state index >= 15 is 0 Å². The van der Waals surface area contributed by atoms with E-state index in [1.807, 2.05) is 0 Å². The highest BCUT2D eigenvalue weighted by Gasteiger charge is 2.55. The van der Waals surface area contributed by atoms with Crippen molar-refractivity contribution in [3.63, 3.8) is 0 Å². The summed E-state index contributed by atoms with van der Waals surface area (Å²) in [4.78, 5) is 0. The van der Waals surface area contributed by atoms with Gasteiger partial charge < -0.3 is 0 Å². The van der Waals surface area contributed by atoms with Crippen LogP contribution in [0.3, 0.4) is 0 Å². The largest absolute Gasteiger partial charge is 0.453 e. The van der Waals surface area contributed by atoms with Gasteiger partial charge in [-0.1, -0.05) is 6.92 Å². The summed E-state index contributed by atoms with van der Waals surface area (Å²) >= 11 is 0. The van der Waals surface area contributed by atoms with Gasteiger partial charge in [-0.3, -0.25) is 0 Å². The third-order valence-electron chi connectivity index (χ3n) is 1.63. The minimum absolute atomic E-state index is 0.188. The fourth-order valence-corrected chi connectivity index (χ4v) is 0.200. The summed E-state index contributed by atoms with van der Waals surface area (Å²) in [7, 11) is 0. The highest BCUT2D eigenvalue weighted by molar-refractivity contribution is 4.74. The first kappa shape index (κ1) is 18.7. The summed E-state index contributed by atoms with van der Waals surface area (Å²) < 4.78 is 102. The number of hydrogen-bond acceptors (Lipinski definition) is 0. The molecule has 0 aromatic heterocycles. The summed E-state index contributed by atoms with van der Waals surface area (Å²) in [6, 6.07) is 0. The summed E-state index contributed by atoms with van der Waals surface area (Å²) in [5.41, 5.74) is 0. The van der Waals surface area contributed by atoms with Crippen LogP contribution in [0.4, 0.5) is 39.5 Å². The van der Waals surface area contributed by atoms with E-state index < -0.39 is 30.4 Å². The SMILES string of the molecule is CC(F)(F)C(C)(F)F.CCC(F)(F)C(F)(F)F. The van der Waals surface area contributed by atoms with Crippen molar-refractivity contribution in [1.82, 2.24) is 0 Å². The highest BCUT2D eigenvalue weighted by atomic mass is 19.4. The molecule has 0 nitrogen and oxygen atoms in total. The molecular weight excluding hydrogens is 267 g/mol. The Balaban J connectivity index is 0. The molecule has 0 aromatic rings. The van der Waals surface area contributed by atoms with E-state index in [-0.39, 0.29) is 13.8 Å². The lowest BCUT2D eigenvalue weighted by atomic mass is 10.2. The quantitative estimate of drug-likeness (QED) is 0.631. The van der Waals surface area contributed by atoms with Crippen molar-refractivity contribution in [2.45, 2.75) is 51.1 Å². The summed E-state index contributed by atoms with van der Waals surface area (Å²) in [5, 5.41) is 0. The summed E-state index contributed by atoms with van der Waals surface area (Å²) in [6.07, 6.45) is -6.59. The number of hydrogen-bond donors (Lipinski definition) is 0. The molecule has 0 fully saturated rings. The lowest BCUT2D eigenvalue weighted by Gasteiger charge is -2.17. The van der Waals surface area contributed by atoms with Crippen LogP contribution in [-0.2, 0) is 0 Å². The summed E-state index contributed by atoms with van der Waals surface area (Å²) in [6.45, 7) is 1.16. The average molecular weight is 278 g/mol. The molecular formula is C8H11F9. The second-order valence-electron chi connectivity index (χ2n) is 3.33. The van der Waals surface area contributed by atoms with Gasteiger partial charge in [-0.25, -0.2) is 17.6 Å². The first-order valence-electron chi connectivity index (χ1n) is 4.26. The van der Waals surface area contributed by atoms with Crippen LogP contribution in [-0.4, -0.2) is 23.9 Å². The molecule has 0 amide bonds. The van der Waals surface area contributed by atoms with Crippen LogP contribution in [0.5, 0.6) is 0 Å². The molecule has 0 aliphatic heterocycles. The molecule has 0 saturated heterocycles. The van der Waals surface area contributed by atoms with E-state index in [2.05, 4.69) is 0 Å². The van der Waals surface area contributed by atoms with E-state index in [0.29, 0.717) is 0 Å². The van der Waals surface area contributed by atoms with Crippen molar-refractivity contribution in [3.8, 4) is 0 Å². The second-order valence-corrected chi connectivity index (χ2v) is 3.33. The Hall–Kier alpha value is -0.630. The molecule has 17 heavy (non-hydrogen) atoms. The Bertz CT molecular complexity index is 205. The van der Waals surface area contributed by atoms with Gasteiger partial charge >= 0.3 is 23.9 Å². The number of halogens is 9. The van der Waals surface area contributed by atoms with E-state index in [1.54, 1.807) is 0 Å². The number of alkyl halides is 9. The van der Waals surface area contributed by atoms with Gasteiger partial charge in [-0.2, -0.15) is 22.0 Å². The predicted molar refractivity (Wildman–Crippen MR) is 42.5 cm³/mol. The highest BCUT2D eigenvalue weighted by Crippen LogP contribution is 2.37. The normalized spacial score (nSPS) is 14.1. The zero-order chi connectivity index (χ0) is 14.7. The van der Waals surface area contributed by atoms with Gasteiger partial charge in [-0.05, 0) is 0 Å². The Kier molecular flexibility index (Phi) is 5.89. The Labute approximate surface area is 91.8 Å². The van der Waals surface area contributed by atoms with E-state index in [0.717, 1.165) is 6.92 Å². The minimum Gasteiger partial charge on any atom is -0.200 e. The van der Waals surface area contributed by atoms with Crippen molar-refractivity contribution in [2.75, 3.05) is 0 Å². The van der Waals surface area contributed by atoms with E-state index in [9.17, 15) is 39.5 Å². The Morgan fingerprint density at radius 3 is 0.882 bits per heavy atom. The third kappa shape index (κ3) is 6.62. The van der Waals surface area contributed by atoms with E-state index in [4.69, 9.17) is 0 Å². The van der Waals surface area contributed by atoms with Crippen LogP contribution in [0.1, 0.15) is 27.2 Å². The van der Waals surface area contributed by atoms with E-state index in [1.165, 1.54) is 0 Å². The lowest BCUT2D eigenvalue weighted by Crippen LogP contribution is -2.35. The van der Waals surface area contributed by atoms with Crippen LogP contribution in [0.2, 0.25) is 0 Å². The lowest BCUT2D eigenvalue weighted by molar-refractivity contribution is -0.282. The fraction of sp³-hybridized carbons (Fsp3) is 1.00. The van der Waals surface area contributed by atoms with Crippen LogP contribution >= 0.6 is 0 Å². The minimum atomic E-state index is -5.39. The van der Waals surface area contributed by atoms with Gasteiger partial charge in [0.1, 0.15) is 0 Å². The third-order valence-corrected chi connectivity index (χ3v) is 1.63. The van der Waals surface area contributed by atoms with Gasteiger partial charge in [0, 0.05) is 20.3 Å². The maximum atomic E-state index is 11.5. The molecule has 0 bridgehead atoms. The first-order valence-corrected chi connectivity index (χ1v) is 4.26. The van der Waals surface area contributed by atoms with Crippen LogP contribution in [0.25, 0.3) is 0 Å². The molecule has 0 N–H and O–H groups in total.